The first-order chi connectivity index (χ1) is 9.52. The van der Waals surface area contributed by atoms with Crippen molar-refractivity contribution in [3.8, 4) is 0 Å². The first-order valence-electron chi connectivity index (χ1n) is 5.94. The summed E-state index contributed by atoms with van der Waals surface area (Å²) < 4.78 is 5.44. The van der Waals surface area contributed by atoms with E-state index in [4.69, 9.17) is 27.8 Å². The van der Waals surface area contributed by atoms with Gasteiger partial charge in [0.1, 0.15) is 30.7 Å². The Balaban J connectivity index is 1.86. The second-order valence-corrected chi connectivity index (χ2v) is 4.93. The zero-order valence-corrected chi connectivity index (χ0v) is 11.1. The highest BCUT2D eigenvalue weighted by Crippen LogP contribution is 2.26. The van der Waals surface area contributed by atoms with Crippen LogP contribution in [-0.4, -0.2) is 80.5 Å². The van der Waals surface area contributed by atoms with Gasteiger partial charge in [0.2, 0.25) is 5.11 Å². The van der Waals surface area contributed by atoms with Gasteiger partial charge in [-0.3, -0.25) is 4.99 Å². The van der Waals surface area contributed by atoms with Gasteiger partial charge in [-0.25, -0.2) is 0 Å². The maximum absolute atomic E-state index is 10.0. The number of nitrogens with zero attached hydrogens (tertiary/aromatic N) is 4. The smallest absolute Gasteiger partial charge is 0.223 e. The Morgan fingerprint density at radius 3 is 2.75 bits per heavy atom. The number of hydrogen-bond donors (Lipinski definition) is 4. The van der Waals surface area contributed by atoms with E-state index in [2.05, 4.69) is 15.0 Å². The van der Waals surface area contributed by atoms with Crippen molar-refractivity contribution in [1.82, 2.24) is 4.90 Å². The zero-order chi connectivity index (χ0) is 14.4. The van der Waals surface area contributed by atoms with Crippen molar-refractivity contribution in [3.63, 3.8) is 0 Å². The lowest BCUT2D eigenvalue weighted by Crippen LogP contribution is -2.49. The normalized spacial score (nSPS) is 36.6. The highest BCUT2D eigenvalue weighted by Gasteiger charge is 2.48. The highest BCUT2D eigenvalue weighted by atomic mass is 32.1. The fourth-order valence-electron chi connectivity index (χ4n) is 2.34. The predicted molar refractivity (Wildman–Crippen MR) is 73.6 cm³/mol. The maximum Gasteiger partial charge on any atom is 0.223 e. The van der Waals surface area contributed by atoms with Crippen molar-refractivity contribution in [1.29, 1.82) is 0 Å². The van der Waals surface area contributed by atoms with Gasteiger partial charge in [-0.15, -0.1) is 0 Å². The monoisotopic (exact) mass is 299 g/mol. The number of thiocarbonyl (C=S) groups is 1. The van der Waals surface area contributed by atoms with Crippen LogP contribution < -0.4 is 5.73 Å². The van der Waals surface area contributed by atoms with Crippen molar-refractivity contribution >= 4 is 34.7 Å². The lowest BCUT2D eigenvalue weighted by molar-refractivity contribution is -0.0688. The lowest BCUT2D eigenvalue weighted by Gasteiger charge is -2.28. The summed E-state index contributed by atoms with van der Waals surface area (Å²) in [5, 5.41) is 29.0. The van der Waals surface area contributed by atoms with Gasteiger partial charge in [-0.1, -0.05) is 0 Å². The molecule has 0 aromatic heterocycles. The number of amidine groups is 2. The molecule has 0 radical (unpaired) electrons. The maximum atomic E-state index is 10.0. The molecule has 1 saturated heterocycles. The molecule has 3 heterocycles. The standard InChI is InChI=1S/C10H13N5O4S/c11-7-4-8(14-10(20)13-7)15(2-12-4)9-6(18)5(17)3(1-16)19-9/h3,5-6,9,16-18H,1-2H2,(H2,11,13,20)/t3-,5-,6-,9-/m1/s1. The SMILES string of the molecule is NC1=NC(=S)N=C2C1=NCN2[C@@H]1O[C@H](CO)[C@@H](O)[C@H]1O. The molecular weight excluding hydrogens is 286 g/mol. The minimum absolute atomic E-state index is 0.0649. The molecule has 3 aliphatic rings. The molecule has 9 nitrogen and oxygen atoms in total. The molecule has 20 heavy (non-hydrogen) atoms. The van der Waals surface area contributed by atoms with E-state index in [0.29, 0.717) is 11.5 Å². The van der Waals surface area contributed by atoms with Gasteiger partial charge >= 0.3 is 0 Å². The summed E-state index contributed by atoms with van der Waals surface area (Å²) >= 11 is 4.90. The number of ether oxygens (including phenoxy) is 1. The Morgan fingerprint density at radius 1 is 1.35 bits per heavy atom. The van der Waals surface area contributed by atoms with Gasteiger partial charge in [0.15, 0.2) is 17.9 Å². The Morgan fingerprint density at radius 2 is 2.10 bits per heavy atom. The van der Waals surface area contributed by atoms with Gasteiger partial charge in [0.05, 0.1) is 6.61 Å². The summed E-state index contributed by atoms with van der Waals surface area (Å²) in [4.78, 5) is 13.6. The van der Waals surface area contributed by atoms with Crippen LogP contribution in [0.2, 0.25) is 0 Å². The Hall–Kier alpha value is -1.46. The molecule has 108 valence electrons. The summed E-state index contributed by atoms with van der Waals surface area (Å²) in [5.41, 5.74) is 6.10. The van der Waals surface area contributed by atoms with Crippen LogP contribution in [0.1, 0.15) is 0 Å². The average Bonchev–Trinajstić information content (AvgIpc) is 2.93. The van der Waals surface area contributed by atoms with Crippen molar-refractivity contribution in [3.05, 3.63) is 0 Å². The zero-order valence-electron chi connectivity index (χ0n) is 10.2. The van der Waals surface area contributed by atoms with Crippen LogP contribution in [0.3, 0.4) is 0 Å². The van der Waals surface area contributed by atoms with Crippen LogP contribution in [-0.2, 0) is 4.74 Å². The van der Waals surface area contributed by atoms with Crippen LogP contribution >= 0.6 is 12.2 Å². The van der Waals surface area contributed by atoms with Crippen LogP contribution in [0.25, 0.3) is 0 Å². The minimum atomic E-state index is -1.20. The van der Waals surface area contributed by atoms with E-state index in [1.54, 1.807) is 0 Å². The molecule has 0 amide bonds. The third kappa shape index (κ3) is 1.93. The van der Waals surface area contributed by atoms with E-state index < -0.39 is 31.1 Å². The Kier molecular flexibility index (Phi) is 3.26. The average molecular weight is 299 g/mol. The molecule has 0 saturated carbocycles. The van der Waals surface area contributed by atoms with Crippen molar-refractivity contribution in [2.45, 2.75) is 24.5 Å². The van der Waals surface area contributed by atoms with Gasteiger partial charge in [-0.2, -0.15) is 9.98 Å². The number of rotatable bonds is 2. The van der Waals surface area contributed by atoms with Crippen LogP contribution in [0, 0.1) is 0 Å². The van der Waals surface area contributed by atoms with Crippen LogP contribution in [0.4, 0.5) is 0 Å². The fraction of sp³-hybridized carbons (Fsp3) is 0.600. The minimum Gasteiger partial charge on any atom is -0.394 e. The third-order valence-electron chi connectivity index (χ3n) is 3.35. The fourth-order valence-corrected chi connectivity index (χ4v) is 2.53. The Bertz CT molecular complexity index is 548. The first kappa shape index (κ1) is 13.5. The Labute approximate surface area is 119 Å². The molecule has 3 rings (SSSR count). The number of fused-ring (bicyclic) bond motifs is 1. The number of aliphatic imine (C=N–C) groups is 3. The summed E-state index contributed by atoms with van der Waals surface area (Å²) in [6.45, 7) is -0.246. The molecule has 4 atom stereocenters. The molecular formula is C10H13N5O4S. The van der Waals surface area contributed by atoms with Crippen molar-refractivity contribution < 1.29 is 20.1 Å². The number of nitrogens with two attached hydrogens (primary N) is 1. The lowest BCUT2D eigenvalue weighted by atomic mass is 10.1. The quantitative estimate of drug-likeness (QED) is 0.404. The molecule has 0 aromatic rings. The van der Waals surface area contributed by atoms with E-state index >= 15 is 0 Å². The molecule has 0 unspecified atom stereocenters. The summed E-state index contributed by atoms with van der Waals surface area (Å²) in [6, 6.07) is 0. The van der Waals surface area contributed by atoms with E-state index in [1.807, 2.05) is 0 Å². The van der Waals surface area contributed by atoms with Gasteiger partial charge in [0.25, 0.3) is 0 Å². The third-order valence-corrected chi connectivity index (χ3v) is 3.53. The first-order valence-corrected chi connectivity index (χ1v) is 6.35. The van der Waals surface area contributed by atoms with Gasteiger partial charge < -0.3 is 30.7 Å². The van der Waals surface area contributed by atoms with E-state index in [0.717, 1.165) is 0 Å². The predicted octanol–water partition coefficient (Wildman–Crippen LogP) is -2.81. The van der Waals surface area contributed by atoms with Gasteiger partial charge in [0, 0.05) is 0 Å². The van der Waals surface area contributed by atoms with Crippen LogP contribution in [0.15, 0.2) is 15.0 Å². The van der Waals surface area contributed by atoms with Gasteiger partial charge in [-0.05, 0) is 12.2 Å². The molecule has 0 bridgehead atoms. The number of aliphatic hydroxyl groups is 3. The molecule has 10 heteroatoms. The van der Waals surface area contributed by atoms with E-state index in [9.17, 15) is 10.2 Å². The molecule has 0 aliphatic carbocycles. The summed E-state index contributed by atoms with van der Waals surface area (Å²) in [7, 11) is 0. The molecule has 0 aromatic carbocycles. The molecule has 3 aliphatic heterocycles. The van der Waals surface area contributed by atoms with E-state index in [1.165, 1.54) is 4.90 Å². The molecule has 0 spiro atoms. The molecule has 1 fully saturated rings. The summed E-state index contributed by atoms with van der Waals surface area (Å²) in [5.74, 6) is 0.520. The number of hydrogen-bond acceptors (Lipinski definition) is 8. The topological polar surface area (TPSA) is 136 Å². The number of aliphatic hydroxyl groups excluding tert-OH is 3. The summed E-state index contributed by atoms with van der Waals surface area (Å²) in [6.07, 6.45) is -4.12. The second-order valence-electron chi connectivity index (χ2n) is 4.56. The highest BCUT2D eigenvalue weighted by molar-refractivity contribution is 7.80. The second kappa shape index (κ2) is 4.82. The largest absolute Gasteiger partial charge is 0.394 e. The van der Waals surface area contributed by atoms with Crippen molar-refractivity contribution in [2.75, 3.05) is 13.3 Å². The van der Waals surface area contributed by atoms with E-state index in [-0.39, 0.29) is 17.6 Å². The van der Waals surface area contributed by atoms with Crippen molar-refractivity contribution in [2.24, 2.45) is 20.7 Å². The molecule has 5 N–H and O–H groups in total. The van der Waals surface area contributed by atoms with Crippen LogP contribution in [0.5, 0.6) is 0 Å².